The number of methoxy groups -OCH3 is 2. The number of carbonyl (C=O) groups excluding carboxylic acids is 1. The number of ether oxygens (including phenoxy) is 2. The van der Waals surface area contributed by atoms with Crippen LogP contribution in [0.25, 0.3) is 21.5 Å². The van der Waals surface area contributed by atoms with Crippen molar-refractivity contribution < 1.29 is 18.7 Å². The first kappa shape index (κ1) is 17.0. The first-order valence-electron chi connectivity index (χ1n) is 8.04. The van der Waals surface area contributed by atoms with Crippen molar-refractivity contribution >= 4 is 33.3 Å². The highest BCUT2D eigenvalue weighted by Crippen LogP contribution is 2.30. The highest BCUT2D eigenvalue weighted by atomic mass is 32.1. The van der Waals surface area contributed by atoms with Gasteiger partial charge in [0.15, 0.2) is 17.1 Å². The predicted octanol–water partition coefficient (Wildman–Crippen LogP) is 4.22. The Morgan fingerprint density at radius 2 is 1.89 bits per heavy atom. The number of hydrogen-bond acceptors (Lipinski definition) is 7. The van der Waals surface area contributed by atoms with E-state index in [1.165, 1.54) is 11.3 Å². The number of fused-ring (bicyclic) bond motifs is 1. The Bertz CT molecular complexity index is 1100. The molecule has 0 aliphatic rings. The lowest BCUT2D eigenvalue weighted by atomic mass is 10.2. The second-order valence-electron chi connectivity index (χ2n) is 5.58. The lowest BCUT2D eigenvalue weighted by Crippen LogP contribution is -2.10. The molecule has 0 aliphatic heterocycles. The molecule has 8 heteroatoms. The van der Waals surface area contributed by atoms with Crippen molar-refractivity contribution in [1.82, 2.24) is 10.2 Å². The fourth-order valence-electron chi connectivity index (χ4n) is 2.59. The minimum atomic E-state index is -0.398. The van der Waals surface area contributed by atoms with Crippen molar-refractivity contribution in [2.45, 2.75) is 0 Å². The van der Waals surface area contributed by atoms with Crippen LogP contribution >= 0.6 is 11.3 Å². The van der Waals surface area contributed by atoms with Crippen molar-refractivity contribution in [1.29, 1.82) is 0 Å². The number of nitrogens with zero attached hydrogens (tertiary/aromatic N) is 2. The Kier molecular flexibility index (Phi) is 4.47. The molecule has 27 heavy (non-hydrogen) atoms. The van der Waals surface area contributed by atoms with Crippen LogP contribution in [-0.4, -0.2) is 30.3 Å². The van der Waals surface area contributed by atoms with Gasteiger partial charge in [-0.3, -0.25) is 10.1 Å². The van der Waals surface area contributed by atoms with Gasteiger partial charge in [0.1, 0.15) is 10.8 Å². The van der Waals surface area contributed by atoms with E-state index in [0.29, 0.717) is 21.5 Å². The van der Waals surface area contributed by atoms with Gasteiger partial charge in [0.05, 0.1) is 14.2 Å². The molecule has 2 heterocycles. The first-order valence-corrected chi connectivity index (χ1v) is 8.85. The molecule has 4 rings (SSSR count). The summed E-state index contributed by atoms with van der Waals surface area (Å²) in [5, 5.41) is 12.7. The van der Waals surface area contributed by atoms with Gasteiger partial charge in [0, 0.05) is 10.9 Å². The zero-order valence-electron chi connectivity index (χ0n) is 14.6. The number of amides is 1. The first-order chi connectivity index (χ1) is 13.2. The molecule has 1 N–H and O–H groups in total. The van der Waals surface area contributed by atoms with E-state index in [2.05, 4.69) is 15.5 Å². The monoisotopic (exact) mass is 381 g/mol. The molecule has 0 atom stereocenters. The van der Waals surface area contributed by atoms with E-state index in [9.17, 15) is 4.79 Å². The average Bonchev–Trinajstić information content (AvgIpc) is 3.34. The smallest absolute Gasteiger partial charge is 0.293 e. The van der Waals surface area contributed by atoms with E-state index in [0.717, 1.165) is 16.7 Å². The molecule has 2 aromatic carbocycles. The number of aromatic nitrogens is 2. The number of hydrogen-bond donors (Lipinski definition) is 1. The van der Waals surface area contributed by atoms with Crippen molar-refractivity contribution in [3.8, 4) is 22.1 Å². The van der Waals surface area contributed by atoms with Crippen LogP contribution in [0.3, 0.4) is 0 Å². The number of nitrogens with one attached hydrogen (secondary N) is 1. The number of furan rings is 1. The molecule has 0 saturated carbocycles. The molecule has 0 spiro atoms. The Morgan fingerprint density at radius 1 is 1.07 bits per heavy atom. The van der Waals surface area contributed by atoms with Crippen LogP contribution in [0.5, 0.6) is 11.5 Å². The number of anilines is 1. The Morgan fingerprint density at radius 3 is 2.63 bits per heavy atom. The summed E-state index contributed by atoms with van der Waals surface area (Å²) in [4.78, 5) is 12.5. The second kappa shape index (κ2) is 7.08. The maximum Gasteiger partial charge on any atom is 0.293 e. The van der Waals surface area contributed by atoms with Crippen LogP contribution in [0.2, 0.25) is 0 Å². The van der Waals surface area contributed by atoms with Gasteiger partial charge < -0.3 is 13.9 Å². The summed E-state index contributed by atoms with van der Waals surface area (Å²) in [6.07, 6.45) is 0. The van der Waals surface area contributed by atoms with Crippen LogP contribution in [-0.2, 0) is 0 Å². The Labute approximate surface area is 158 Å². The number of carbonyl (C=O) groups is 1. The molecule has 0 aliphatic carbocycles. The summed E-state index contributed by atoms with van der Waals surface area (Å²) in [5.74, 6) is 1.11. The van der Waals surface area contributed by atoms with E-state index < -0.39 is 5.91 Å². The van der Waals surface area contributed by atoms with Gasteiger partial charge in [-0.2, -0.15) is 0 Å². The summed E-state index contributed by atoms with van der Waals surface area (Å²) in [6, 6.07) is 14.6. The second-order valence-corrected chi connectivity index (χ2v) is 6.56. The van der Waals surface area contributed by atoms with Crippen LogP contribution in [0.1, 0.15) is 10.6 Å². The highest BCUT2D eigenvalue weighted by Gasteiger charge is 2.17. The zero-order valence-corrected chi connectivity index (χ0v) is 15.4. The summed E-state index contributed by atoms with van der Waals surface area (Å²) in [7, 11) is 3.17. The molecule has 0 saturated heterocycles. The largest absolute Gasteiger partial charge is 0.497 e. The highest BCUT2D eigenvalue weighted by molar-refractivity contribution is 7.18. The lowest BCUT2D eigenvalue weighted by Gasteiger charge is -1.99. The summed E-state index contributed by atoms with van der Waals surface area (Å²) >= 11 is 1.28. The third-order valence-electron chi connectivity index (χ3n) is 3.93. The van der Waals surface area contributed by atoms with Gasteiger partial charge in [-0.15, -0.1) is 10.2 Å². The van der Waals surface area contributed by atoms with Crippen molar-refractivity contribution in [3.63, 3.8) is 0 Å². The topological polar surface area (TPSA) is 86.5 Å². The van der Waals surface area contributed by atoms with Crippen LogP contribution in [0, 0.1) is 0 Å². The third kappa shape index (κ3) is 3.34. The lowest BCUT2D eigenvalue weighted by molar-refractivity contribution is 0.0998. The van der Waals surface area contributed by atoms with Gasteiger partial charge in [-0.05, 0) is 36.4 Å². The average molecular weight is 381 g/mol. The predicted molar refractivity (Wildman–Crippen MR) is 103 cm³/mol. The molecule has 7 nitrogen and oxygen atoms in total. The fraction of sp³-hybridized carbons (Fsp3) is 0.105. The summed E-state index contributed by atoms with van der Waals surface area (Å²) in [5.41, 5.74) is 1.42. The van der Waals surface area contributed by atoms with Gasteiger partial charge in [-0.25, -0.2) is 0 Å². The molecule has 0 radical (unpaired) electrons. The SMILES string of the molecule is COc1ccc(-c2nnc(NC(=O)c3cc4cccc(OC)c4o3)s2)cc1. The van der Waals surface area contributed by atoms with Crippen molar-refractivity contribution in [2.75, 3.05) is 19.5 Å². The van der Waals surface area contributed by atoms with Gasteiger partial charge >= 0.3 is 0 Å². The quantitative estimate of drug-likeness (QED) is 0.557. The van der Waals surface area contributed by atoms with Crippen molar-refractivity contribution in [2.24, 2.45) is 0 Å². The standard InChI is InChI=1S/C19H15N3O4S/c1-24-13-8-6-11(7-9-13)18-21-22-19(27-18)20-17(23)15-10-12-4-3-5-14(25-2)16(12)26-15/h3-10H,1-2H3,(H,20,22,23). The normalized spacial score (nSPS) is 10.7. The number of benzene rings is 2. The van der Waals surface area contributed by atoms with Gasteiger partial charge in [0.2, 0.25) is 5.13 Å². The van der Waals surface area contributed by atoms with E-state index in [4.69, 9.17) is 13.9 Å². The minimum Gasteiger partial charge on any atom is -0.497 e. The molecule has 0 fully saturated rings. The molecular weight excluding hydrogens is 366 g/mol. The molecule has 0 unspecified atom stereocenters. The molecule has 4 aromatic rings. The fourth-order valence-corrected chi connectivity index (χ4v) is 3.34. The third-order valence-corrected chi connectivity index (χ3v) is 4.82. The van der Waals surface area contributed by atoms with Crippen molar-refractivity contribution in [3.05, 3.63) is 54.3 Å². The van der Waals surface area contributed by atoms with Crippen LogP contribution < -0.4 is 14.8 Å². The van der Waals surface area contributed by atoms with Gasteiger partial charge in [0.25, 0.3) is 5.91 Å². The summed E-state index contributed by atoms with van der Waals surface area (Å²) in [6.45, 7) is 0. The van der Waals surface area contributed by atoms with Gasteiger partial charge in [-0.1, -0.05) is 23.5 Å². The molecule has 136 valence electrons. The zero-order chi connectivity index (χ0) is 18.8. The summed E-state index contributed by atoms with van der Waals surface area (Å²) < 4.78 is 16.0. The van der Waals surface area contributed by atoms with Crippen LogP contribution in [0.15, 0.2) is 52.9 Å². The Balaban J connectivity index is 1.54. The number of rotatable bonds is 5. The molecule has 2 aromatic heterocycles. The van der Waals surface area contributed by atoms with E-state index >= 15 is 0 Å². The maximum atomic E-state index is 12.5. The Hall–Kier alpha value is -3.39. The number of para-hydroxylation sites is 1. The minimum absolute atomic E-state index is 0.177. The van der Waals surface area contributed by atoms with E-state index in [1.807, 2.05) is 36.4 Å². The molecule has 0 bridgehead atoms. The molecule has 1 amide bonds. The van der Waals surface area contributed by atoms with Crippen LogP contribution in [0.4, 0.5) is 5.13 Å². The van der Waals surface area contributed by atoms with E-state index in [1.54, 1.807) is 26.4 Å². The maximum absolute atomic E-state index is 12.5. The van der Waals surface area contributed by atoms with E-state index in [-0.39, 0.29) is 5.76 Å². The molecular formula is C19H15N3O4S.